The summed E-state index contributed by atoms with van der Waals surface area (Å²) in [4.78, 5) is 26.6. The molecule has 3 N–H and O–H groups in total. The van der Waals surface area contributed by atoms with Crippen molar-refractivity contribution in [2.45, 2.75) is 33.4 Å². The summed E-state index contributed by atoms with van der Waals surface area (Å²) >= 11 is 0. The van der Waals surface area contributed by atoms with Gasteiger partial charge in [-0.15, -0.1) is 5.10 Å². The first-order valence-corrected chi connectivity index (χ1v) is 5.98. The summed E-state index contributed by atoms with van der Waals surface area (Å²) in [6.45, 7) is 5.44. The molecule has 0 aliphatic rings. The topological polar surface area (TPSA) is 112 Å². The smallest absolute Gasteiger partial charge is 0.328 e. The van der Waals surface area contributed by atoms with E-state index in [0.29, 0.717) is 5.92 Å². The molecule has 0 aliphatic heterocycles. The fourth-order valence-electron chi connectivity index (χ4n) is 1.17. The number of esters is 1. The molecule has 1 atom stereocenters. The molecule has 0 saturated heterocycles. The van der Waals surface area contributed by atoms with Crippen LogP contribution in [0, 0.1) is 5.92 Å². The summed E-state index contributed by atoms with van der Waals surface area (Å²) in [5.74, 6) is -0.501. The van der Waals surface area contributed by atoms with Gasteiger partial charge >= 0.3 is 5.97 Å². The standard InChI is InChI=1S/C11H19N5O3/c1-7(2)8(3)14-9(17)5-19-10(18)4-16-6-13-11(12)15-16/h6-8H,4-5H2,1-3H3,(H2,12,15)(H,14,17). The zero-order valence-electron chi connectivity index (χ0n) is 11.3. The van der Waals surface area contributed by atoms with E-state index >= 15 is 0 Å². The SMILES string of the molecule is CC(C)C(C)NC(=O)COC(=O)Cn1cnc(N)n1. The van der Waals surface area contributed by atoms with E-state index in [4.69, 9.17) is 10.5 Å². The maximum absolute atomic E-state index is 11.5. The normalized spacial score (nSPS) is 12.2. The first kappa shape index (κ1) is 14.9. The third-order valence-corrected chi connectivity index (χ3v) is 2.60. The van der Waals surface area contributed by atoms with Crippen LogP contribution in [0.15, 0.2) is 6.33 Å². The van der Waals surface area contributed by atoms with Gasteiger partial charge in [-0.2, -0.15) is 0 Å². The van der Waals surface area contributed by atoms with E-state index in [9.17, 15) is 9.59 Å². The van der Waals surface area contributed by atoms with Gasteiger partial charge in [0.25, 0.3) is 5.91 Å². The minimum Gasteiger partial charge on any atom is -0.454 e. The molecule has 106 valence electrons. The number of carbonyl (C=O) groups is 2. The molecular weight excluding hydrogens is 250 g/mol. The Morgan fingerprint density at radius 2 is 2.16 bits per heavy atom. The molecule has 1 rings (SSSR count). The molecule has 1 aromatic rings. The van der Waals surface area contributed by atoms with Crippen LogP contribution in [-0.2, 0) is 20.9 Å². The number of nitrogens with two attached hydrogens (primary N) is 1. The Bertz CT molecular complexity index is 443. The van der Waals surface area contributed by atoms with Crippen molar-refractivity contribution in [3.63, 3.8) is 0 Å². The number of amides is 1. The van der Waals surface area contributed by atoms with Crippen LogP contribution in [0.4, 0.5) is 5.95 Å². The molecule has 1 unspecified atom stereocenters. The van der Waals surface area contributed by atoms with Crippen molar-refractivity contribution in [3.05, 3.63) is 6.33 Å². The monoisotopic (exact) mass is 269 g/mol. The van der Waals surface area contributed by atoms with Crippen molar-refractivity contribution in [2.24, 2.45) is 5.92 Å². The van der Waals surface area contributed by atoms with Gasteiger partial charge in [-0.25, -0.2) is 9.67 Å². The van der Waals surface area contributed by atoms with Crippen LogP contribution in [0.3, 0.4) is 0 Å². The number of carbonyl (C=O) groups excluding carboxylic acids is 2. The van der Waals surface area contributed by atoms with Gasteiger partial charge in [-0.05, 0) is 12.8 Å². The van der Waals surface area contributed by atoms with Crippen LogP contribution < -0.4 is 11.1 Å². The molecule has 0 saturated carbocycles. The van der Waals surface area contributed by atoms with Crippen LogP contribution in [0.5, 0.6) is 0 Å². The highest BCUT2D eigenvalue weighted by atomic mass is 16.5. The molecule has 1 amide bonds. The number of ether oxygens (including phenoxy) is 1. The van der Waals surface area contributed by atoms with E-state index in [0.717, 1.165) is 0 Å². The van der Waals surface area contributed by atoms with Crippen molar-refractivity contribution in [1.29, 1.82) is 0 Å². The first-order chi connectivity index (χ1) is 8.88. The lowest BCUT2D eigenvalue weighted by atomic mass is 10.1. The summed E-state index contributed by atoms with van der Waals surface area (Å²) in [5.41, 5.74) is 5.30. The zero-order valence-corrected chi connectivity index (χ0v) is 11.3. The Morgan fingerprint density at radius 3 is 2.68 bits per heavy atom. The maximum Gasteiger partial charge on any atom is 0.328 e. The molecule has 19 heavy (non-hydrogen) atoms. The number of hydrogen-bond donors (Lipinski definition) is 2. The van der Waals surface area contributed by atoms with Crippen LogP contribution in [-0.4, -0.2) is 39.3 Å². The Hall–Kier alpha value is -2.12. The number of aromatic nitrogens is 3. The van der Waals surface area contributed by atoms with Gasteiger partial charge in [0, 0.05) is 6.04 Å². The second-order valence-corrected chi connectivity index (χ2v) is 4.56. The number of nitrogens with zero attached hydrogens (tertiary/aromatic N) is 3. The average Bonchev–Trinajstić information content (AvgIpc) is 2.72. The fraction of sp³-hybridized carbons (Fsp3) is 0.636. The maximum atomic E-state index is 11.5. The van der Waals surface area contributed by atoms with E-state index in [1.54, 1.807) is 0 Å². The zero-order chi connectivity index (χ0) is 14.4. The third-order valence-electron chi connectivity index (χ3n) is 2.60. The van der Waals surface area contributed by atoms with Gasteiger partial charge in [0.2, 0.25) is 5.95 Å². The first-order valence-electron chi connectivity index (χ1n) is 5.98. The predicted molar refractivity (Wildman–Crippen MR) is 67.8 cm³/mol. The fourth-order valence-corrected chi connectivity index (χ4v) is 1.17. The lowest BCUT2D eigenvalue weighted by Gasteiger charge is -2.17. The van der Waals surface area contributed by atoms with E-state index in [1.807, 2.05) is 20.8 Å². The van der Waals surface area contributed by atoms with Crippen LogP contribution in [0.1, 0.15) is 20.8 Å². The van der Waals surface area contributed by atoms with Gasteiger partial charge < -0.3 is 15.8 Å². The summed E-state index contributed by atoms with van der Waals surface area (Å²) in [5, 5.41) is 6.46. The largest absolute Gasteiger partial charge is 0.454 e. The molecular formula is C11H19N5O3. The van der Waals surface area contributed by atoms with Gasteiger partial charge in [0.1, 0.15) is 12.9 Å². The van der Waals surface area contributed by atoms with Crippen LogP contribution in [0.25, 0.3) is 0 Å². The number of nitrogens with one attached hydrogen (secondary N) is 1. The lowest BCUT2D eigenvalue weighted by molar-refractivity contribution is -0.149. The molecule has 0 radical (unpaired) electrons. The van der Waals surface area contributed by atoms with Gasteiger partial charge in [0.05, 0.1) is 0 Å². The minimum absolute atomic E-state index is 0.0290. The van der Waals surface area contributed by atoms with Gasteiger partial charge in [-0.1, -0.05) is 13.8 Å². The molecule has 8 heteroatoms. The van der Waals surface area contributed by atoms with Crippen LogP contribution >= 0.6 is 0 Å². The van der Waals surface area contributed by atoms with Crippen molar-refractivity contribution in [1.82, 2.24) is 20.1 Å². The Labute approximate surface area is 111 Å². The quantitative estimate of drug-likeness (QED) is 0.677. The molecule has 0 spiro atoms. The van der Waals surface area contributed by atoms with E-state index in [1.165, 1.54) is 11.0 Å². The van der Waals surface area contributed by atoms with Crippen molar-refractivity contribution in [3.8, 4) is 0 Å². The summed E-state index contributed by atoms with van der Waals surface area (Å²) in [6.07, 6.45) is 1.32. The Kier molecular flexibility index (Phi) is 5.28. The van der Waals surface area contributed by atoms with E-state index < -0.39 is 5.97 Å². The molecule has 0 bridgehead atoms. The van der Waals surface area contributed by atoms with Gasteiger partial charge in [0.15, 0.2) is 6.61 Å². The number of anilines is 1. The summed E-state index contributed by atoms with van der Waals surface area (Å²) in [7, 11) is 0. The molecule has 0 aromatic carbocycles. The summed E-state index contributed by atoms with van der Waals surface area (Å²) < 4.78 is 6.06. The summed E-state index contributed by atoms with van der Waals surface area (Å²) in [6, 6.07) is 0.0290. The highest BCUT2D eigenvalue weighted by Crippen LogP contribution is 1.99. The molecule has 0 fully saturated rings. The van der Waals surface area contributed by atoms with E-state index in [2.05, 4.69) is 15.4 Å². The van der Waals surface area contributed by atoms with E-state index in [-0.39, 0.29) is 31.0 Å². The molecule has 8 nitrogen and oxygen atoms in total. The predicted octanol–water partition coefficient (Wildman–Crippen LogP) is -0.436. The minimum atomic E-state index is -0.572. The van der Waals surface area contributed by atoms with Crippen molar-refractivity contribution >= 4 is 17.8 Å². The van der Waals surface area contributed by atoms with Crippen LogP contribution in [0.2, 0.25) is 0 Å². The Balaban J connectivity index is 2.28. The molecule has 1 heterocycles. The van der Waals surface area contributed by atoms with Crippen molar-refractivity contribution in [2.75, 3.05) is 12.3 Å². The third kappa shape index (κ3) is 5.36. The lowest BCUT2D eigenvalue weighted by Crippen LogP contribution is -2.38. The second kappa shape index (κ2) is 6.72. The Morgan fingerprint density at radius 1 is 1.47 bits per heavy atom. The van der Waals surface area contributed by atoms with Crippen molar-refractivity contribution < 1.29 is 14.3 Å². The number of rotatable bonds is 6. The number of hydrogen-bond acceptors (Lipinski definition) is 6. The second-order valence-electron chi connectivity index (χ2n) is 4.56. The highest BCUT2D eigenvalue weighted by Gasteiger charge is 2.13. The average molecular weight is 269 g/mol. The molecule has 0 aliphatic carbocycles. The number of nitrogen functional groups attached to an aromatic ring is 1. The molecule has 1 aromatic heterocycles. The highest BCUT2D eigenvalue weighted by molar-refractivity contribution is 5.80. The van der Waals surface area contributed by atoms with Gasteiger partial charge in [-0.3, -0.25) is 9.59 Å².